The summed E-state index contributed by atoms with van der Waals surface area (Å²) in [6, 6.07) is 2.80. The minimum atomic E-state index is -2.60. The molecule has 0 radical (unpaired) electrons. The highest BCUT2D eigenvalue weighted by Gasteiger charge is 2.43. The van der Waals surface area contributed by atoms with Crippen LogP contribution in [-0.2, 0) is 9.53 Å². The van der Waals surface area contributed by atoms with E-state index in [0.29, 0.717) is 36.7 Å². The van der Waals surface area contributed by atoms with E-state index in [4.69, 9.17) is 21.3 Å². The summed E-state index contributed by atoms with van der Waals surface area (Å²) in [6.07, 6.45) is -0.941. The Hall–Kier alpha value is -2.99. The quantitative estimate of drug-likeness (QED) is 0.359. The predicted octanol–water partition coefficient (Wildman–Crippen LogP) is 2.96. The number of ether oxygens (including phenoxy) is 1. The van der Waals surface area contributed by atoms with Crippen molar-refractivity contribution in [2.75, 3.05) is 45.9 Å². The van der Waals surface area contributed by atoms with Crippen LogP contribution in [0.15, 0.2) is 40.7 Å². The van der Waals surface area contributed by atoms with Gasteiger partial charge in [-0.3, -0.25) is 9.89 Å². The second-order valence-corrected chi connectivity index (χ2v) is 10.7. The Labute approximate surface area is 233 Å². The first-order chi connectivity index (χ1) is 18.8. The summed E-state index contributed by atoms with van der Waals surface area (Å²) in [6.45, 7) is 2.94. The third kappa shape index (κ3) is 5.67. The van der Waals surface area contributed by atoms with E-state index in [-0.39, 0.29) is 47.7 Å². The van der Waals surface area contributed by atoms with Crippen molar-refractivity contribution in [1.29, 1.82) is 0 Å². The topological polar surface area (TPSA) is 89.5 Å². The van der Waals surface area contributed by atoms with Crippen LogP contribution < -0.4 is 10.6 Å². The number of urea groups is 1. The maximum Gasteiger partial charge on any atom is 0.338 e. The summed E-state index contributed by atoms with van der Waals surface area (Å²) < 4.78 is 45.8. The van der Waals surface area contributed by atoms with E-state index < -0.39 is 30.8 Å². The molecule has 0 bridgehead atoms. The van der Waals surface area contributed by atoms with E-state index in [2.05, 4.69) is 20.9 Å². The molecule has 4 aliphatic rings. The predicted molar refractivity (Wildman–Crippen MR) is 141 cm³/mol. The van der Waals surface area contributed by atoms with Gasteiger partial charge in [-0.05, 0) is 13.0 Å². The first-order valence-electron chi connectivity index (χ1n) is 12.5. The fourth-order valence-corrected chi connectivity index (χ4v) is 6.06. The van der Waals surface area contributed by atoms with Gasteiger partial charge in [0.15, 0.2) is 17.1 Å². The van der Waals surface area contributed by atoms with Crippen LogP contribution in [0, 0.1) is 11.2 Å². The number of piperazine rings is 1. The Morgan fingerprint density at radius 1 is 1.33 bits per heavy atom. The molecule has 5 rings (SSSR count). The average Bonchev–Trinajstić information content (AvgIpc) is 3.54. The number of amides is 2. The lowest BCUT2D eigenvalue weighted by Gasteiger charge is -2.38. The second-order valence-electron chi connectivity index (χ2n) is 9.39. The van der Waals surface area contributed by atoms with Gasteiger partial charge in [0.1, 0.15) is 17.7 Å². The van der Waals surface area contributed by atoms with Gasteiger partial charge < -0.3 is 25.2 Å². The molecule has 1 aromatic rings. The average molecular weight is 584 g/mol. The van der Waals surface area contributed by atoms with Crippen molar-refractivity contribution in [3.63, 3.8) is 0 Å². The number of nitrogens with zero attached hydrogens (tertiary/aromatic N) is 4. The van der Waals surface area contributed by atoms with Crippen LogP contribution in [0.4, 0.5) is 18.0 Å². The SMILES string of the molecule is CCOC(=O)C1=C(CN2CCN3C(=O)N(CC(F)F)C[C@H]3C2)NC(C2NC=[C+]S2)=N[C@H]1c1cccc(F)c1Cl. The molecule has 2 N–H and O–H groups in total. The molecule has 208 valence electrons. The first kappa shape index (κ1) is 27.6. The third-order valence-corrected chi connectivity index (χ3v) is 8.15. The van der Waals surface area contributed by atoms with Crippen LogP contribution >= 0.6 is 23.4 Å². The zero-order chi connectivity index (χ0) is 27.7. The van der Waals surface area contributed by atoms with E-state index in [9.17, 15) is 22.8 Å². The number of amidine groups is 1. The second kappa shape index (κ2) is 11.6. The number of hydrogen-bond donors (Lipinski definition) is 2. The van der Waals surface area contributed by atoms with Gasteiger partial charge in [0.05, 0.1) is 29.8 Å². The molecule has 2 amide bonds. The van der Waals surface area contributed by atoms with Crippen LogP contribution in [0.3, 0.4) is 0 Å². The Kier molecular flexibility index (Phi) is 8.22. The van der Waals surface area contributed by atoms with Crippen molar-refractivity contribution in [2.24, 2.45) is 4.99 Å². The maximum absolute atomic E-state index is 14.5. The standard InChI is InChI=1S/C25H26ClF3N6O3S/c1-2-38-24(36)19-17(12-33-7-8-35-14(10-33)11-34(25(35)37)13-18(28)29)31-22(23-30-6-9-39-23)32-21(19)15-4-3-5-16(27)20(15)26/h3-6,14,18,21,23,30H,2,7-8,10-13H2,1H3/p+1/t14-,21+,23?/m1/s1. The molecule has 1 unspecified atom stereocenters. The molecule has 0 spiro atoms. The van der Waals surface area contributed by atoms with E-state index >= 15 is 0 Å². The van der Waals surface area contributed by atoms with E-state index in [1.165, 1.54) is 28.8 Å². The van der Waals surface area contributed by atoms with Crippen molar-refractivity contribution >= 4 is 41.2 Å². The summed E-state index contributed by atoms with van der Waals surface area (Å²) in [5, 5.41) is 8.97. The summed E-state index contributed by atoms with van der Waals surface area (Å²) in [5.41, 5.74) is 1.04. The van der Waals surface area contributed by atoms with Gasteiger partial charge >= 0.3 is 17.4 Å². The Morgan fingerprint density at radius 2 is 2.15 bits per heavy atom. The van der Waals surface area contributed by atoms with Crippen molar-refractivity contribution in [2.45, 2.75) is 30.8 Å². The van der Waals surface area contributed by atoms with Crippen LogP contribution in [0.25, 0.3) is 0 Å². The summed E-state index contributed by atoms with van der Waals surface area (Å²) >= 11 is 7.72. The zero-order valence-corrected chi connectivity index (χ0v) is 22.6. The number of alkyl halides is 2. The zero-order valence-electron chi connectivity index (χ0n) is 21.0. The number of carbonyl (C=O) groups excluding carboxylic acids is 2. The van der Waals surface area contributed by atoms with Crippen LogP contribution in [0.5, 0.6) is 0 Å². The lowest BCUT2D eigenvalue weighted by Crippen LogP contribution is -2.54. The molecule has 2 fully saturated rings. The monoisotopic (exact) mass is 583 g/mol. The molecule has 3 atom stereocenters. The van der Waals surface area contributed by atoms with Gasteiger partial charge in [0.25, 0.3) is 12.6 Å². The fraction of sp³-hybridized carbons (Fsp3) is 0.480. The van der Waals surface area contributed by atoms with Crippen molar-refractivity contribution in [3.05, 3.63) is 57.5 Å². The molecule has 4 heterocycles. The number of thioether (sulfide) groups is 1. The smallest absolute Gasteiger partial charge is 0.338 e. The lowest BCUT2D eigenvalue weighted by atomic mass is 9.95. The molecule has 0 aromatic heterocycles. The van der Waals surface area contributed by atoms with Gasteiger partial charge in [0, 0.05) is 44.0 Å². The van der Waals surface area contributed by atoms with Crippen molar-refractivity contribution in [1.82, 2.24) is 25.3 Å². The largest absolute Gasteiger partial charge is 0.463 e. The van der Waals surface area contributed by atoms with E-state index in [0.717, 1.165) is 0 Å². The molecule has 2 saturated heterocycles. The van der Waals surface area contributed by atoms with Crippen LogP contribution in [0.1, 0.15) is 18.5 Å². The fourth-order valence-electron chi connectivity index (χ4n) is 5.19. The molecule has 0 saturated carbocycles. The normalized spacial score (nSPS) is 24.9. The summed E-state index contributed by atoms with van der Waals surface area (Å²) in [7, 11) is 0. The number of fused-ring (bicyclic) bond motifs is 1. The van der Waals surface area contributed by atoms with Crippen LogP contribution in [0.2, 0.25) is 5.02 Å². The number of esters is 1. The molecular formula is C25H27ClF3N6O3S+. The Morgan fingerprint density at radius 3 is 2.87 bits per heavy atom. The first-order valence-corrected chi connectivity index (χ1v) is 13.8. The third-order valence-electron chi connectivity index (χ3n) is 6.90. The number of carbonyl (C=O) groups is 2. The van der Waals surface area contributed by atoms with Crippen molar-refractivity contribution < 1.29 is 27.5 Å². The van der Waals surface area contributed by atoms with E-state index in [1.807, 2.05) is 0 Å². The van der Waals surface area contributed by atoms with Crippen LogP contribution in [-0.4, -0.2) is 96.3 Å². The van der Waals surface area contributed by atoms with E-state index in [1.54, 1.807) is 24.1 Å². The van der Waals surface area contributed by atoms with Crippen molar-refractivity contribution in [3.8, 4) is 0 Å². The van der Waals surface area contributed by atoms with Gasteiger partial charge in [-0.25, -0.2) is 22.8 Å². The number of aliphatic imine (C=N–C) groups is 1. The number of hydrogen-bond acceptors (Lipinski definition) is 8. The highest BCUT2D eigenvalue weighted by atomic mass is 35.5. The molecule has 0 aliphatic carbocycles. The highest BCUT2D eigenvalue weighted by Crippen LogP contribution is 2.38. The molecule has 9 nitrogen and oxygen atoms in total. The molecule has 14 heteroatoms. The summed E-state index contributed by atoms with van der Waals surface area (Å²) in [5.74, 6) is -0.733. The Bertz CT molecular complexity index is 1220. The number of nitrogens with one attached hydrogen (secondary N) is 2. The number of halogens is 4. The van der Waals surface area contributed by atoms with Gasteiger partial charge in [-0.15, -0.1) is 0 Å². The van der Waals surface area contributed by atoms with Gasteiger partial charge in [-0.2, -0.15) is 0 Å². The number of rotatable bonds is 8. The Balaban J connectivity index is 1.46. The molecule has 4 aliphatic heterocycles. The minimum absolute atomic E-state index is 0.123. The minimum Gasteiger partial charge on any atom is -0.463 e. The van der Waals surface area contributed by atoms with Gasteiger partial charge in [-0.1, -0.05) is 23.7 Å². The highest BCUT2D eigenvalue weighted by molar-refractivity contribution is 8.02. The maximum atomic E-state index is 14.5. The molecule has 1 aromatic carbocycles. The summed E-state index contributed by atoms with van der Waals surface area (Å²) in [4.78, 5) is 35.5. The lowest BCUT2D eigenvalue weighted by molar-refractivity contribution is -0.139. The number of benzene rings is 1. The molecular weight excluding hydrogens is 557 g/mol. The van der Waals surface area contributed by atoms with Gasteiger partial charge in [0.2, 0.25) is 0 Å². The molecule has 39 heavy (non-hydrogen) atoms.